The standard InChI is InChI=1S/C28H57ClO13/c1-2-30-5-6-32-9-10-34-13-14-36-17-18-38-21-22-40-25-26-42-28-27-41-24-23-39-20-19-37-16-15-35-12-11-33-8-7-31-4-3-29/h2-28H2,1H3. The van der Waals surface area contributed by atoms with Crippen LogP contribution >= 0.6 is 11.6 Å². The van der Waals surface area contributed by atoms with E-state index < -0.39 is 0 Å². The minimum atomic E-state index is 0.498. The second kappa shape index (κ2) is 40.8. The fourth-order valence-corrected chi connectivity index (χ4v) is 2.95. The molecular weight excluding hydrogens is 580 g/mol. The Hall–Kier alpha value is -0.230. The average molecular weight is 637 g/mol. The topological polar surface area (TPSA) is 120 Å². The lowest BCUT2D eigenvalue weighted by Crippen LogP contribution is -2.15. The first-order valence-corrected chi connectivity index (χ1v) is 15.5. The van der Waals surface area contributed by atoms with Crippen LogP contribution in [0.15, 0.2) is 0 Å². The zero-order chi connectivity index (χ0) is 30.3. The van der Waals surface area contributed by atoms with E-state index in [9.17, 15) is 0 Å². The maximum Gasteiger partial charge on any atom is 0.0701 e. The van der Waals surface area contributed by atoms with Crippen LogP contribution in [0.5, 0.6) is 0 Å². The predicted octanol–water partition coefficient (Wildman–Crippen LogP) is 1.46. The Morgan fingerprint density at radius 1 is 0.238 bits per heavy atom. The van der Waals surface area contributed by atoms with Crippen molar-refractivity contribution in [3.05, 3.63) is 0 Å². The van der Waals surface area contributed by atoms with Gasteiger partial charge in [-0.25, -0.2) is 0 Å². The molecule has 0 heterocycles. The van der Waals surface area contributed by atoms with Crippen LogP contribution in [0.4, 0.5) is 0 Å². The van der Waals surface area contributed by atoms with Crippen LogP contribution in [0.3, 0.4) is 0 Å². The van der Waals surface area contributed by atoms with Crippen molar-refractivity contribution in [1.29, 1.82) is 0 Å². The van der Waals surface area contributed by atoms with Gasteiger partial charge in [0.2, 0.25) is 0 Å². The van der Waals surface area contributed by atoms with Crippen LogP contribution in [0.1, 0.15) is 6.92 Å². The summed E-state index contributed by atoms with van der Waals surface area (Å²) in [5.41, 5.74) is 0. The van der Waals surface area contributed by atoms with Crippen LogP contribution < -0.4 is 0 Å². The Labute approximate surface area is 257 Å². The van der Waals surface area contributed by atoms with Gasteiger partial charge in [0.15, 0.2) is 0 Å². The van der Waals surface area contributed by atoms with Gasteiger partial charge in [0.1, 0.15) is 0 Å². The van der Waals surface area contributed by atoms with E-state index in [0.29, 0.717) is 178 Å². The van der Waals surface area contributed by atoms with Gasteiger partial charge in [0.05, 0.1) is 165 Å². The van der Waals surface area contributed by atoms with Gasteiger partial charge in [0.25, 0.3) is 0 Å². The van der Waals surface area contributed by atoms with Gasteiger partial charge in [-0.15, -0.1) is 11.6 Å². The van der Waals surface area contributed by atoms with Crippen molar-refractivity contribution in [2.24, 2.45) is 0 Å². The number of ether oxygens (including phenoxy) is 13. The summed E-state index contributed by atoms with van der Waals surface area (Å²) in [6, 6.07) is 0. The Kier molecular flexibility index (Phi) is 40.5. The van der Waals surface area contributed by atoms with E-state index in [-0.39, 0.29) is 0 Å². The van der Waals surface area contributed by atoms with Crippen LogP contribution in [0.25, 0.3) is 0 Å². The quantitative estimate of drug-likeness (QED) is 0.0716. The lowest BCUT2D eigenvalue weighted by atomic mass is 10.6. The maximum absolute atomic E-state index is 5.51. The second-order valence-electron chi connectivity index (χ2n) is 8.23. The first kappa shape index (κ1) is 41.8. The van der Waals surface area contributed by atoms with Crippen molar-refractivity contribution in [1.82, 2.24) is 0 Å². The fourth-order valence-electron chi connectivity index (χ4n) is 2.84. The van der Waals surface area contributed by atoms with Crippen molar-refractivity contribution in [3.8, 4) is 0 Å². The van der Waals surface area contributed by atoms with E-state index in [4.69, 9.17) is 73.2 Å². The Morgan fingerprint density at radius 3 is 0.524 bits per heavy atom. The van der Waals surface area contributed by atoms with E-state index >= 15 is 0 Å². The van der Waals surface area contributed by atoms with E-state index in [1.165, 1.54) is 0 Å². The minimum Gasteiger partial charge on any atom is -0.379 e. The summed E-state index contributed by atoms with van der Waals surface area (Å²) in [4.78, 5) is 0. The van der Waals surface area contributed by atoms with Crippen LogP contribution in [-0.4, -0.2) is 178 Å². The monoisotopic (exact) mass is 636 g/mol. The zero-order valence-electron chi connectivity index (χ0n) is 25.8. The van der Waals surface area contributed by atoms with E-state index in [2.05, 4.69) is 0 Å². The molecule has 0 fully saturated rings. The smallest absolute Gasteiger partial charge is 0.0701 e. The number of halogens is 1. The molecule has 0 rings (SSSR count). The van der Waals surface area contributed by atoms with Crippen molar-refractivity contribution >= 4 is 11.6 Å². The third kappa shape index (κ3) is 39.8. The largest absolute Gasteiger partial charge is 0.379 e. The molecule has 0 atom stereocenters. The Morgan fingerprint density at radius 2 is 0.381 bits per heavy atom. The van der Waals surface area contributed by atoms with Crippen molar-refractivity contribution < 1.29 is 61.6 Å². The fraction of sp³-hybridized carbons (Fsp3) is 1.00. The van der Waals surface area contributed by atoms with Gasteiger partial charge >= 0.3 is 0 Å². The molecule has 0 aromatic rings. The normalized spacial score (nSPS) is 11.6. The first-order chi connectivity index (χ1) is 20.9. The van der Waals surface area contributed by atoms with Crippen molar-refractivity contribution in [2.45, 2.75) is 6.92 Å². The van der Waals surface area contributed by atoms with E-state index in [1.807, 2.05) is 6.92 Å². The molecule has 13 nitrogen and oxygen atoms in total. The highest BCUT2D eigenvalue weighted by Gasteiger charge is 1.96. The number of rotatable bonds is 39. The summed E-state index contributed by atoms with van der Waals surface area (Å²) in [6.45, 7) is 16.0. The molecule has 0 N–H and O–H groups in total. The highest BCUT2D eigenvalue weighted by Crippen LogP contribution is 1.87. The summed E-state index contributed by atoms with van der Waals surface area (Å²) in [6.07, 6.45) is 0. The molecular formula is C28H57ClO13. The molecule has 0 unspecified atom stereocenters. The Balaban J connectivity index is 3.02. The lowest BCUT2D eigenvalue weighted by Gasteiger charge is -2.09. The van der Waals surface area contributed by atoms with Crippen LogP contribution in [0.2, 0.25) is 0 Å². The molecule has 42 heavy (non-hydrogen) atoms. The molecule has 0 bridgehead atoms. The van der Waals surface area contributed by atoms with Gasteiger partial charge in [-0.1, -0.05) is 0 Å². The molecule has 0 aromatic heterocycles. The molecule has 254 valence electrons. The molecule has 0 aliphatic heterocycles. The molecule has 0 amide bonds. The summed E-state index contributed by atoms with van der Waals surface area (Å²) in [7, 11) is 0. The number of hydrogen-bond donors (Lipinski definition) is 0. The van der Waals surface area contributed by atoms with Crippen molar-refractivity contribution in [3.63, 3.8) is 0 Å². The second-order valence-corrected chi connectivity index (χ2v) is 8.61. The maximum atomic E-state index is 5.51. The third-order valence-electron chi connectivity index (χ3n) is 4.89. The van der Waals surface area contributed by atoms with Gasteiger partial charge in [-0.2, -0.15) is 0 Å². The first-order valence-electron chi connectivity index (χ1n) is 15.0. The average Bonchev–Trinajstić information content (AvgIpc) is 3.00. The predicted molar refractivity (Wildman–Crippen MR) is 157 cm³/mol. The van der Waals surface area contributed by atoms with Crippen molar-refractivity contribution in [2.75, 3.05) is 178 Å². The number of hydrogen-bond acceptors (Lipinski definition) is 13. The summed E-state index contributed by atoms with van der Waals surface area (Å²) in [5.74, 6) is 0.498. The molecule has 0 spiro atoms. The van der Waals surface area contributed by atoms with Gasteiger partial charge < -0.3 is 61.6 Å². The summed E-state index contributed by atoms with van der Waals surface area (Å²) < 4.78 is 70.1. The summed E-state index contributed by atoms with van der Waals surface area (Å²) >= 11 is 5.51. The number of alkyl halides is 1. The van der Waals surface area contributed by atoms with E-state index in [0.717, 1.165) is 0 Å². The zero-order valence-corrected chi connectivity index (χ0v) is 26.5. The molecule has 0 aromatic carbocycles. The molecule has 0 aliphatic carbocycles. The summed E-state index contributed by atoms with van der Waals surface area (Å²) in [5, 5.41) is 0. The molecule has 0 saturated heterocycles. The van der Waals surface area contributed by atoms with Gasteiger partial charge in [-0.3, -0.25) is 0 Å². The molecule has 0 saturated carbocycles. The molecule has 0 aliphatic rings. The van der Waals surface area contributed by atoms with Gasteiger partial charge in [-0.05, 0) is 6.92 Å². The molecule has 14 heteroatoms. The van der Waals surface area contributed by atoms with Crippen LogP contribution in [-0.2, 0) is 61.6 Å². The third-order valence-corrected chi connectivity index (χ3v) is 5.04. The SMILES string of the molecule is CCOCCOCCOCCOCCOCCOCCOCCOCCOCCOCCOCCOCCOCCCl. The van der Waals surface area contributed by atoms with E-state index in [1.54, 1.807) is 0 Å². The van der Waals surface area contributed by atoms with Crippen LogP contribution in [0, 0.1) is 0 Å². The minimum absolute atomic E-state index is 0.498. The highest BCUT2D eigenvalue weighted by molar-refractivity contribution is 6.17. The van der Waals surface area contributed by atoms with Gasteiger partial charge in [0, 0.05) is 12.5 Å². The lowest BCUT2D eigenvalue weighted by molar-refractivity contribution is -0.0288. The highest BCUT2D eigenvalue weighted by atomic mass is 35.5. The molecule has 0 radical (unpaired) electrons. The Bertz CT molecular complexity index is 430.